The van der Waals surface area contributed by atoms with E-state index >= 15 is 0 Å². The number of ether oxygens (including phenoxy) is 1. The molecule has 0 bridgehead atoms. The smallest absolute Gasteiger partial charge is 0.376 e. The van der Waals surface area contributed by atoms with Crippen LogP contribution < -0.4 is 16.0 Å². The SMILES string of the molecule is O=C(NCC1CCCO1)Nc1ccc(NC(=O)c2ccc(F)c(C(F)(F)F)c2)cc1. The Hall–Kier alpha value is -3.14. The number of halogens is 4. The van der Waals surface area contributed by atoms with E-state index in [1.165, 1.54) is 24.3 Å². The van der Waals surface area contributed by atoms with Crippen LogP contribution in [0.4, 0.5) is 33.7 Å². The molecule has 1 aliphatic rings. The van der Waals surface area contributed by atoms with Crippen LogP contribution in [0.3, 0.4) is 0 Å². The van der Waals surface area contributed by atoms with E-state index in [-0.39, 0.29) is 11.7 Å². The van der Waals surface area contributed by atoms with Crippen LogP contribution in [0.1, 0.15) is 28.8 Å². The first-order valence-corrected chi connectivity index (χ1v) is 9.17. The lowest BCUT2D eigenvalue weighted by Gasteiger charge is -2.12. The molecule has 6 nitrogen and oxygen atoms in total. The Morgan fingerprint density at radius 3 is 2.30 bits per heavy atom. The van der Waals surface area contributed by atoms with E-state index in [1.807, 2.05) is 0 Å². The average Bonchev–Trinajstić information content (AvgIpc) is 3.21. The van der Waals surface area contributed by atoms with Gasteiger partial charge in [-0.05, 0) is 55.3 Å². The molecule has 0 spiro atoms. The van der Waals surface area contributed by atoms with E-state index in [0.29, 0.717) is 36.7 Å². The van der Waals surface area contributed by atoms with Crippen molar-refractivity contribution in [3.63, 3.8) is 0 Å². The predicted molar refractivity (Wildman–Crippen MR) is 102 cm³/mol. The molecule has 2 aromatic rings. The minimum Gasteiger partial charge on any atom is -0.376 e. The maximum atomic E-state index is 13.3. The molecule has 0 aromatic heterocycles. The lowest BCUT2D eigenvalue weighted by Crippen LogP contribution is -2.35. The van der Waals surface area contributed by atoms with Crippen molar-refractivity contribution < 1.29 is 31.9 Å². The number of rotatable bonds is 5. The molecular weight excluding hydrogens is 406 g/mol. The van der Waals surface area contributed by atoms with E-state index in [2.05, 4.69) is 16.0 Å². The van der Waals surface area contributed by atoms with Gasteiger partial charge in [0.2, 0.25) is 0 Å². The number of urea groups is 1. The molecule has 160 valence electrons. The van der Waals surface area contributed by atoms with Gasteiger partial charge < -0.3 is 20.7 Å². The molecule has 1 fully saturated rings. The number of amides is 3. The molecule has 3 amide bonds. The third-order valence-corrected chi connectivity index (χ3v) is 4.45. The molecule has 3 N–H and O–H groups in total. The van der Waals surface area contributed by atoms with Gasteiger partial charge >= 0.3 is 12.2 Å². The van der Waals surface area contributed by atoms with Gasteiger partial charge in [-0.25, -0.2) is 9.18 Å². The Labute approximate surface area is 169 Å². The molecule has 0 radical (unpaired) electrons. The van der Waals surface area contributed by atoms with Crippen LogP contribution in [-0.4, -0.2) is 31.2 Å². The maximum Gasteiger partial charge on any atom is 0.419 e. The molecule has 0 aliphatic carbocycles. The molecule has 1 saturated heterocycles. The summed E-state index contributed by atoms with van der Waals surface area (Å²) in [6, 6.07) is 7.60. The largest absolute Gasteiger partial charge is 0.419 e. The van der Waals surface area contributed by atoms with Crippen molar-refractivity contribution in [2.75, 3.05) is 23.8 Å². The Bertz CT molecular complexity index is 911. The zero-order valence-corrected chi connectivity index (χ0v) is 15.7. The number of nitrogens with one attached hydrogen (secondary N) is 3. The van der Waals surface area contributed by atoms with Crippen LogP contribution in [0, 0.1) is 5.82 Å². The Balaban J connectivity index is 1.56. The highest BCUT2D eigenvalue weighted by Crippen LogP contribution is 2.32. The van der Waals surface area contributed by atoms with Crippen LogP contribution in [-0.2, 0) is 10.9 Å². The number of alkyl halides is 3. The normalized spacial score (nSPS) is 16.2. The molecule has 1 atom stereocenters. The van der Waals surface area contributed by atoms with Crippen molar-refractivity contribution in [1.29, 1.82) is 0 Å². The van der Waals surface area contributed by atoms with E-state index in [4.69, 9.17) is 4.74 Å². The summed E-state index contributed by atoms with van der Waals surface area (Å²) >= 11 is 0. The van der Waals surface area contributed by atoms with Crippen LogP contribution in [0.2, 0.25) is 0 Å². The van der Waals surface area contributed by atoms with Gasteiger partial charge in [-0.3, -0.25) is 4.79 Å². The first-order valence-electron chi connectivity index (χ1n) is 9.17. The van der Waals surface area contributed by atoms with E-state index in [9.17, 15) is 27.2 Å². The molecule has 10 heteroatoms. The first kappa shape index (κ1) is 21.6. The van der Waals surface area contributed by atoms with Gasteiger partial charge in [-0.15, -0.1) is 0 Å². The molecule has 1 unspecified atom stereocenters. The van der Waals surface area contributed by atoms with Crippen molar-refractivity contribution in [2.24, 2.45) is 0 Å². The van der Waals surface area contributed by atoms with Gasteiger partial charge in [0.1, 0.15) is 5.82 Å². The predicted octanol–water partition coefficient (Wildman–Crippen LogP) is 4.40. The second kappa shape index (κ2) is 9.12. The summed E-state index contributed by atoms with van der Waals surface area (Å²) in [4.78, 5) is 24.1. The van der Waals surface area contributed by atoms with Crippen LogP contribution in [0.15, 0.2) is 42.5 Å². The van der Waals surface area contributed by atoms with Gasteiger partial charge in [0, 0.05) is 30.1 Å². The van der Waals surface area contributed by atoms with Gasteiger partial charge in [-0.2, -0.15) is 13.2 Å². The minimum absolute atomic E-state index is 0.0117. The Morgan fingerprint density at radius 1 is 1.03 bits per heavy atom. The third-order valence-electron chi connectivity index (χ3n) is 4.45. The molecule has 1 heterocycles. The van der Waals surface area contributed by atoms with Crippen molar-refractivity contribution in [3.8, 4) is 0 Å². The minimum atomic E-state index is -4.90. The lowest BCUT2D eigenvalue weighted by molar-refractivity contribution is -0.140. The molecule has 3 rings (SSSR count). The number of hydrogen-bond acceptors (Lipinski definition) is 3. The summed E-state index contributed by atoms with van der Waals surface area (Å²) in [5, 5.41) is 7.75. The molecule has 30 heavy (non-hydrogen) atoms. The second-order valence-corrected chi connectivity index (χ2v) is 6.69. The summed E-state index contributed by atoms with van der Waals surface area (Å²) in [7, 11) is 0. The van der Waals surface area contributed by atoms with Crippen molar-refractivity contribution in [1.82, 2.24) is 5.32 Å². The van der Waals surface area contributed by atoms with Crippen LogP contribution in [0.5, 0.6) is 0 Å². The van der Waals surface area contributed by atoms with Crippen molar-refractivity contribution in [3.05, 3.63) is 59.4 Å². The fourth-order valence-corrected chi connectivity index (χ4v) is 2.91. The fraction of sp³-hybridized carbons (Fsp3) is 0.300. The van der Waals surface area contributed by atoms with E-state index < -0.39 is 29.5 Å². The number of carbonyl (C=O) groups excluding carboxylic acids is 2. The zero-order valence-electron chi connectivity index (χ0n) is 15.7. The topological polar surface area (TPSA) is 79.5 Å². The molecule has 0 saturated carbocycles. The van der Waals surface area contributed by atoms with Gasteiger partial charge in [0.25, 0.3) is 5.91 Å². The Morgan fingerprint density at radius 2 is 1.70 bits per heavy atom. The Kier molecular flexibility index (Phi) is 6.56. The number of hydrogen-bond donors (Lipinski definition) is 3. The summed E-state index contributed by atoms with van der Waals surface area (Å²) < 4.78 is 57.1. The lowest BCUT2D eigenvalue weighted by atomic mass is 10.1. The highest BCUT2D eigenvalue weighted by molar-refractivity contribution is 6.04. The third kappa shape index (κ3) is 5.69. The number of benzene rings is 2. The summed E-state index contributed by atoms with van der Waals surface area (Å²) in [6.45, 7) is 1.09. The van der Waals surface area contributed by atoms with Crippen molar-refractivity contribution in [2.45, 2.75) is 25.1 Å². The van der Waals surface area contributed by atoms with Gasteiger partial charge in [-0.1, -0.05) is 0 Å². The zero-order chi connectivity index (χ0) is 21.7. The van der Waals surface area contributed by atoms with E-state index in [0.717, 1.165) is 18.9 Å². The standard InChI is InChI=1S/C20H19F4N3O3/c21-17-8-3-12(10-16(17)20(22,23)24)18(28)26-13-4-6-14(7-5-13)27-19(29)25-11-15-2-1-9-30-15/h3-8,10,15H,1-2,9,11H2,(H,26,28)(H2,25,27,29). The van der Waals surface area contributed by atoms with E-state index in [1.54, 1.807) is 0 Å². The monoisotopic (exact) mass is 425 g/mol. The first-order chi connectivity index (χ1) is 14.2. The highest BCUT2D eigenvalue weighted by atomic mass is 19.4. The fourth-order valence-electron chi connectivity index (χ4n) is 2.91. The maximum absolute atomic E-state index is 13.3. The number of anilines is 2. The molecular formula is C20H19F4N3O3. The summed E-state index contributed by atoms with van der Waals surface area (Å²) in [6.07, 6.45) is -3.03. The average molecular weight is 425 g/mol. The van der Waals surface area contributed by atoms with Gasteiger partial charge in [0.15, 0.2) is 0 Å². The van der Waals surface area contributed by atoms with Crippen molar-refractivity contribution >= 4 is 23.3 Å². The second-order valence-electron chi connectivity index (χ2n) is 6.69. The molecule has 2 aromatic carbocycles. The molecule has 1 aliphatic heterocycles. The van der Waals surface area contributed by atoms with Crippen LogP contribution >= 0.6 is 0 Å². The van der Waals surface area contributed by atoms with Gasteiger partial charge in [0.05, 0.1) is 11.7 Å². The number of carbonyl (C=O) groups is 2. The van der Waals surface area contributed by atoms with Crippen LogP contribution in [0.25, 0.3) is 0 Å². The summed E-state index contributed by atoms with van der Waals surface area (Å²) in [5.41, 5.74) is -1.09. The quantitative estimate of drug-likeness (QED) is 0.622. The summed E-state index contributed by atoms with van der Waals surface area (Å²) in [5.74, 6) is -2.28. The highest BCUT2D eigenvalue weighted by Gasteiger charge is 2.34.